The highest BCUT2D eigenvalue weighted by Crippen LogP contribution is 2.23. The van der Waals surface area contributed by atoms with E-state index in [1.54, 1.807) is 6.92 Å². The van der Waals surface area contributed by atoms with Gasteiger partial charge in [-0.15, -0.1) is 0 Å². The predicted molar refractivity (Wildman–Crippen MR) is 82.9 cm³/mol. The third-order valence-electron chi connectivity index (χ3n) is 3.44. The van der Waals surface area contributed by atoms with Gasteiger partial charge in [-0.1, -0.05) is 6.07 Å². The van der Waals surface area contributed by atoms with Crippen molar-refractivity contribution in [2.24, 2.45) is 0 Å². The molecule has 2 aromatic heterocycles. The van der Waals surface area contributed by atoms with Crippen molar-refractivity contribution in [2.45, 2.75) is 26.5 Å². The fourth-order valence-electron chi connectivity index (χ4n) is 2.50. The zero-order chi connectivity index (χ0) is 15.0. The van der Waals surface area contributed by atoms with Gasteiger partial charge in [-0.2, -0.15) is 0 Å². The Morgan fingerprint density at radius 2 is 2.05 bits per heavy atom. The van der Waals surface area contributed by atoms with Gasteiger partial charge < -0.3 is 15.4 Å². The molecule has 1 unspecified atom stereocenters. The molecule has 1 aromatic carbocycles. The van der Waals surface area contributed by atoms with Crippen LogP contribution in [0.5, 0.6) is 0 Å². The highest BCUT2D eigenvalue weighted by molar-refractivity contribution is 5.79. The number of anilines is 1. The van der Waals surface area contributed by atoms with E-state index in [0.29, 0.717) is 18.1 Å². The molecule has 3 N–H and O–H groups in total. The molecule has 5 nitrogen and oxygen atoms in total. The van der Waals surface area contributed by atoms with E-state index in [0.717, 1.165) is 22.4 Å². The SMILES string of the molecule is Cc1cccc(Cn2c(C(C)O)nc3cc(N)ccc32)n1. The summed E-state index contributed by atoms with van der Waals surface area (Å²) in [5.74, 6) is 0.624. The lowest BCUT2D eigenvalue weighted by atomic mass is 10.2. The first-order valence-corrected chi connectivity index (χ1v) is 6.91. The molecule has 0 bridgehead atoms. The fraction of sp³-hybridized carbons (Fsp3) is 0.250. The minimum absolute atomic E-state index is 0.572. The first-order chi connectivity index (χ1) is 10.0. The second-order valence-corrected chi connectivity index (χ2v) is 5.25. The molecule has 0 spiro atoms. The number of rotatable bonds is 3. The van der Waals surface area contributed by atoms with Crippen LogP contribution in [0.15, 0.2) is 36.4 Å². The number of imidazole rings is 1. The van der Waals surface area contributed by atoms with Gasteiger partial charge >= 0.3 is 0 Å². The van der Waals surface area contributed by atoms with Gasteiger partial charge in [0.15, 0.2) is 0 Å². The van der Waals surface area contributed by atoms with E-state index in [1.807, 2.05) is 47.9 Å². The Labute approximate surface area is 123 Å². The van der Waals surface area contributed by atoms with Crippen LogP contribution >= 0.6 is 0 Å². The summed E-state index contributed by atoms with van der Waals surface area (Å²) in [6.45, 7) is 4.25. The molecule has 0 saturated heterocycles. The van der Waals surface area contributed by atoms with E-state index in [1.165, 1.54) is 0 Å². The zero-order valence-electron chi connectivity index (χ0n) is 12.1. The summed E-state index contributed by atoms with van der Waals surface area (Å²) in [6, 6.07) is 11.5. The van der Waals surface area contributed by atoms with E-state index in [4.69, 9.17) is 5.73 Å². The van der Waals surface area contributed by atoms with Gasteiger partial charge in [-0.25, -0.2) is 4.98 Å². The predicted octanol–water partition coefficient (Wildman–Crippen LogP) is 2.42. The Kier molecular flexibility index (Phi) is 3.35. The van der Waals surface area contributed by atoms with Crippen molar-refractivity contribution < 1.29 is 5.11 Å². The third kappa shape index (κ3) is 2.60. The Morgan fingerprint density at radius 3 is 2.76 bits per heavy atom. The van der Waals surface area contributed by atoms with Crippen LogP contribution in [0.1, 0.15) is 30.2 Å². The zero-order valence-corrected chi connectivity index (χ0v) is 12.1. The molecule has 1 atom stereocenters. The molecule has 21 heavy (non-hydrogen) atoms. The molecule has 108 valence electrons. The maximum Gasteiger partial charge on any atom is 0.138 e. The Hall–Kier alpha value is -2.40. The van der Waals surface area contributed by atoms with Gasteiger partial charge in [0.2, 0.25) is 0 Å². The number of hydrogen-bond donors (Lipinski definition) is 2. The molecule has 3 rings (SSSR count). The minimum Gasteiger partial charge on any atom is -0.399 e. The van der Waals surface area contributed by atoms with Gasteiger partial charge in [0.05, 0.1) is 23.3 Å². The molecular formula is C16H18N4O. The number of hydrogen-bond acceptors (Lipinski definition) is 4. The first-order valence-electron chi connectivity index (χ1n) is 6.91. The number of pyridine rings is 1. The van der Waals surface area contributed by atoms with Gasteiger partial charge in [-0.3, -0.25) is 4.98 Å². The summed E-state index contributed by atoms with van der Waals surface area (Å²) in [6.07, 6.45) is -0.650. The van der Waals surface area contributed by atoms with Crippen LogP contribution in [-0.4, -0.2) is 19.6 Å². The van der Waals surface area contributed by atoms with Crippen LogP contribution in [0.4, 0.5) is 5.69 Å². The molecule has 0 aliphatic rings. The molecular weight excluding hydrogens is 264 g/mol. The Bertz CT molecular complexity index is 792. The fourth-order valence-corrected chi connectivity index (χ4v) is 2.50. The minimum atomic E-state index is -0.650. The number of aryl methyl sites for hydroxylation is 1. The topological polar surface area (TPSA) is 77.0 Å². The molecule has 2 heterocycles. The summed E-state index contributed by atoms with van der Waals surface area (Å²) in [7, 11) is 0. The molecule has 0 amide bonds. The van der Waals surface area contributed by atoms with Crippen LogP contribution < -0.4 is 5.73 Å². The van der Waals surface area contributed by atoms with E-state index in [2.05, 4.69) is 9.97 Å². The van der Waals surface area contributed by atoms with Gasteiger partial charge in [0.1, 0.15) is 11.9 Å². The van der Waals surface area contributed by atoms with Crippen molar-refractivity contribution in [1.82, 2.24) is 14.5 Å². The smallest absolute Gasteiger partial charge is 0.138 e. The van der Waals surface area contributed by atoms with Gasteiger partial charge in [-0.05, 0) is 44.2 Å². The van der Waals surface area contributed by atoms with Crippen molar-refractivity contribution in [3.63, 3.8) is 0 Å². The number of nitrogens with two attached hydrogens (primary N) is 1. The van der Waals surface area contributed by atoms with Crippen LogP contribution in [0.3, 0.4) is 0 Å². The van der Waals surface area contributed by atoms with E-state index < -0.39 is 6.10 Å². The molecule has 0 aliphatic carbocycles. The second kappa shape index (κ2) is 5.18. The average Bonchev–Trinajstić information content (AvgIpc) is 2.77. The van der Waals surface area contributed by atoms with Crippen molar-refractivity contribution in [1.29, 1.82) is 0 Å². The highest BCUT2D eigenvalue weighted by Gasteiger charge is 2.15. The standard InChI is InChI=1S/C16H18N4O/c1-10-4-3-5-13(18-10)9-20-15-7-6-12(17)8-14(15)19-16(20)11(2)21/h3-8,11,21H,9,17H2,1-2H3. The van der Waals surface area contributed by atoms with Crippen LogP contribution in [0.25, 0.3) is 11.0 Å². The monoisotopic (exact) mass is 282 g/mol. The Morgan fingerprint density at radius 1 is 1.24 bits per heavy atom. The van der Waals surface area contributed by atoms with Crippen molar-refractivity contribution >= 4 is 16.7 Å². The summed E-state index contributed by atoms with van der Waals surface area (Å²) >= 11 is 0. The summed E-state index contributed by atoms with van der Waals surface area (Å²) in [4.78, 5) is 9.01. The number of aliphatic hydroxyl groups is 1. The quantitative estimate of drug-likeness (QED) is 0.723. The number of aromatic nitrogens is 3. The molecule has 0 aliphatic heterocycles. The molecule has 0 saturated carbocycles. The van der Waals surface area contributed by atoms with Crippen LogP contribution in [0.2, 0.25) is 0 Å². The summed E-state index contributed by atoms with van der Waals surface area (Å²) < 4.78 is 1.99. The van der Waals surface area contributed by atoms with E-state index in [-0.39, 0.29) is 0 Å². The largest absolute Gasteiger partial charge is 0.399 e. The highest BCUT2D eigenvalue weighted by atomic mass is 16.3. The number of nitrogen functional groups attached to an aromatic ring is 1. The number of fused-ring (bicyclic) bond motifs is 1. The maximum absolute atomic E-state index is 9.97. The molecule has 0 radical (unpaired) electrons. The summed E-state index contributed by atoms with van der Waals surface area (Å²) in [5, 5.41) is 9.97. The van der Waals surface area contributed by atoms with Crippen molar-refractivity contribution in [3.8, 4) is 0 Å². The van der Waals surface area contributed by atoms with E-state index in [9.17, 15) is 5.11 Å². The normalized spacial score (nSPS) is 12.7. The first kappa shape index (κ1) is 13.6. The lowest BCUT2D eigenvalue weighted by molar-refractivity contribution is 0.185. The van der Waals surface area contributed by atoms with Crippen LogP contribution in [-0.2, 0) is 6.54 Å². The van der Waals surface area contributed by atoms with Crippen molar-refractivity contribution in [3.05, 3.63) is 53.6 Å². The third-order valence-corrected chi connectivity index (χ3v) is 3.44. The number of aliphatic hydroxyl groups excluding tert-OH is 1. The van der Waals surface area contributed by atoms with E-state index >= 15 is 0 Å². The second-order valence-electron chi connectivity index (χ2n) is 5.25. The van der Waals surface area contributed by atoms with Gasteiger partial charge in [0.25, 0.3) is 0 Å². The number of nitrogens with zero attached hydrogens (tertiary/aromatic N) is 3. The van der Waals surface area contributed by atoms with Crippen LogP contribution in [0, 0.1) is 6.92 Å². The lowest BCUT2D eigenvalue weighted by Gasteiger charge is -2.11. The van der Waals surface area contributed by atoms with Crippen molar-refractivity contribution in [2.75, 3.05) is 5.73 Å². The number of benzene rings is 1. The van der Waals surface area contributed by atoms with Gasteiger partial charge in [0, 0.05) is 11.4 Å². The lowest BCUT2D eigenvalue weighted by Crippen LogP contribution is -2.09. The molecule has 5 heteroatoms. The molecule has 3 aromatic rings. The summed E-state index contributed by atoms with van der Waals surface area (Å²) in [5.41, 5.74) is 10.1. The Balaban J connectivity index is 2.13. The average molecular weight is 282 g/mol. The molecule has 0 fully saturated rings. The maximum atomic E-state index is 9.97.